The summed E-state index contributed by atoms with van der Waals surface area (Å²) >= 11 is 0. The lowest BCUT2D eigenvalue weighted by molar-refractivity contribution is -0.274. The molecule has 4 N–H and O–H groups in total. The first kappa shape index (κ1) is 21.7. The lowest BCUT2D eigenvalue weighted by Crippen LogP contribution is -2.32. The number of primary amides is 1. The Bertz CT molecular complexity index is 1040. The summed E-state index contributed by atoms with van der Waals surface area (Å²) in [5.74, 6) is -0.796. The fourth-order valence-electron chi connectivity index (χ4n) is 3.87. The molecule has 1 atom stereocenters. The largest absolute Gasteiger partial charge is 0.573 e. The van der Waals surface area contributed by atoms with Gasteiger partial charge in [-0.1, -0.05) is 12.1 Å². The van der Waals surface area contributed by atoms with E-state index in [2.05, 4.69) is 9.72 Å². The van der Waals surface area contributed by atoms with Gasteiger partial charge in [-0.15, -0.1) is 13.2 Å². The Balaban J connectivity index is 1.41. The second kappa shape index (κ2) is 7.88. The molecule has 2 aromatic rings. The highest BCUT2D eigenvalue weighted by Gasteiger charge is 2.57. The Morgan fingerprint density at radius 2 is 1.91 bits per heavy atom. The number of amides is 2. The van der Waals surface area contributed by atoms with Crippen LogP contribution in [0.1, 0.15) is 28.8 Å². The van der Waals surface area contributed by atoms with E-state index in [1.807, 2.05) is 0 Å². The first-order chi connectivity index (χ1) is 15.0. The van der Waals surface area contributed by atoms with E-state index in [9.17, 15) is 22.8 Å². The van der Waals surface area contributed by atoms with Crippen molar-refractivity contribution in [1.82, 2.24) is 9.88 Å². The predicted octanol–water partition coefficient (Wildman–Crippen LogP) is 2.27. The van der Waals surface area contributed by atoms with Crippen LogP contribution in [0.5, 0.6) is 11.5 Å². The number of likely N-dealkylation sites (tertiary alicyclic amines) is 1. The second-order valence-corrected chi connectivity index (χ2v) is 8.08. The zero-order valence-corrected chi connectivity index (χ0v) is 16.9. The van der Waals surface area contributed by atoms with E-state index < -0.39 is 12.3 Å². The topological polar surface area (TPSA) is 121 Å². The molecule has 1 spiro atoms. The van der Waals surface area contributed by atoms with Gasteiger partial charge in [0.15, 0.2) is 11.6 Å². The number of aromatic nitrogens is 1. The number of anilines is 1. The third-order valence-electron chi connectivity index (χ3n) is 5.77. The molecule has 2 heterocycles. The molecular formula is C21H21F3N4O4. The fraction of sp³-hybridized carbons (Fsp3) is 0.381. The van der Waals surface area contributed by atoms with Crippen molar-refractivity contribution in [3.05, 3.63) is 47.7 Å². The quantitative estimate of drug-likeness (QED) is 0.697. The van der Waals surface area contributed by atoms with Gasteiger partial charge in [0.25, 0.3) is 0 Å². The maximum atomic E-state index is 12.8. The second-order valence-electron chi connectivity index (χ2n) is 8.08. The summed E-state index contributed by atoms with van der Waals surface area (Å²) in [6.07, 6.45) is -2.01. The molecule has 8 nitrogen and oxygen atoms in total. The van der Waals surface area contributed by atoms with Crippen molar-refractivity contribution in [3.8, 4) is 11.5 Å². The van der Waals surface area contributed by atoms with Gasteiger partial charge in [0.1, 0.15) is 11.9 Å². The van der Waals surface area contributed by atoms with E-state index in [4.69, 9.17) is 16.2 Å². The fourth-order valence-corrected chi connectivity index (χ4v) is 3.87. The number of nitrogens with two attached hydrogens (primary N) is 2. The summed E-state index contributed by atoms with van der Waals surface area (Å²) in [6, 6.07) is 6.65. The van der Waals surface area contributed by atoms with Gasteiger partial charge in [0.05, 0.1) is 18.5 Å². The van der Waals surface area contributed by atoms with Gasteiger partial charge < -0.3 is 25.8 Å². The number of carbonyl (C=O) groups is 2. The van der Waals surface area contributed by atoms with E-state index in [-0.39, 0.29) is 46.7 Å². The maximum Gasteiger partial charge on any atom is 0.573 e. The Labute approximate surface area is 181 Å². The minimum absolute atomic E-state index is 0.0377. The lowest BCUT2D eigenvalue weighted by atomic mass is 10.0. The standard InChI is InChI=1S/C21H21F3N4O4/c22-21(23,24)32-14-3-1-12(2-4-14)7-17(29)28-10-16(20(11-28)5-6-20)31-15-8-13(19(26)30)9-27-18(15)25/h1-4,8-9,16H,5-7,10-11H2,(H2,25,27)(H2,26,30). The molecule has 1 aromatic heterocycles. The van der Waals surface area contributed by atoms with Crippen molar-refractivity contribution in [3.63, 3.8) is 0 Å². The highest BCUT2D eigenvalue weighted by atomic mass is 19.4. The Hall–Kier alpha value is -3.50. The maximum absolute atomic E-state index is 12.8. The number of alkyl halides is 3. The van der Waals surface area contributed by atoms with Crippen LogP contribution in [0.4, 0.5) is 19.0 Å². The molecule has 1 saturated heterocycles. The lowest BCUT2D eigenvalue weighted by Gasteiger charge is -2.20. The minimum atomic E-state index is -4.77. The van der Waals surface area contributed by atoms with Crippen molar-refractivity contribution >= 4 is 17.6 Å². The molecular weight excluding hydrogens is 429 g/mol. The molecule has 1 aliphatic carbocycles. The normalized spacial score (nSPS) is 19.1. The Morgan fingerprint density at radius 3 is 2.50 bits per heavy atom. The number of halogens is 3. The van der Waals surface area contributed by atoms with Crippen molar-refractivity contribution in [1.29, 1.82) is 0 Å². The summed E-state index contributed by atoms with van der Waals surface area (Å²) in [7, 11) is 0. The van der Waals surface area contributed by atoms with Crippen LogP contribution in [-0.2, 0) is 11.2 Å². The van der Waals surface area contributed by atoms with Crippen molar-refractivity contribution < 1.29 is 32.2 Å². The number of hydrogen-bond donors (Lipinski definition) is 2. The van der Waals surface area contributed by atoms with Gasteiger partial charge in [0.2, 0.25) is 11.8 Å². The smallest absolute Gasteiger partial charge is 0.484 e. The number of nitrogens with zero attached hydrogens (tertiary/aromatic N) is 2. The third-order valence-corrected chi connectivity index (χ3v) is 5.77. The number of ether oxygens (including phenoxy) is 2. The summed E-state index contributed by atoms with van der Waals surface area (Å²) in [5.41, 5.74) is 11.7. The van der Waals surface area contributed by atoms with Crippen LogP contribution in [0.15, 0.2) is 36.5 Å². The molecule has 2 amide bonds. The summed E-state index contributed by atoms with van der Waals surface area (Å²) < 4.78 is 46.8. The molecule has 4 rings (SSSR count). The van der Waals surface area contributed by atoms with E-state index in [0.717, 1.165) is 12.8 Å². The van der Waals surface area contributed by atoms with Gasteiger partial charge in [-0.25, -0.2) is 4.98 Å². The highest BCUT2D eigenvalue weighted by molar-refractivity contribution is 5.93. The van der Waals surface area contributed by atoms with Crippen LogP contribution in [0.3, 0.4) is 0 Å². The molecule has 1 saturated carbocycles. The zero-order valence-electron chi connectivity index (χ0n) is 16.9. The molecule has 170 valence electrons. The van der Waals surface area contributed by atoms with Crippen molar-refractivity contribution in [2.45, 2.75) is 31.7 Å². The molecule has 32 heavy (non-hydrogen) atoms. The van der Waals surface area contributed by atoms with Gasteiger partial charge in [0, 0.05) is 18.2 Å². The number of rotatable bonds is 6. The number of pyridine rings is 1. The van der Waals surface area contributed by atoms with Gasteiger partial charge in [-0.05, 0) is 36.6 Å². The van der Waals surface area contributed by atoms with Gasteiger partial charge in [-0.2, -0.15) is 0 Å². The highest BCUT2D eigenvalue weighted by Crippen LogP contribution is 2.54. The van der Waals surface area contributed by atoms with Crippen LogP contribution in [0.2, 0.25) is 0 Å². The van der Waals surface area contributed by atoms with E-state index in [1.165, 1.54) is 36.5 Å². The van der Waals surface area contributed by atoms with Crippen molar-refractivity contribution in [2.75, 3.05) is 18.8 Å². The van der Waals surface area contributed by atoms with Crippen molar-refractivity contribution in [2.24, 2.45) is 11.1 Å². The number of carbonyl (C=O) groups excluding carboxylic acids is 2. The molecule has 0 bridgehead atoms. The summed E-state index contributed by atoms with van der Waals surface area (Å²) in [5, 5.41) is 0. The molecule has 2 fully saturated rings. The van der Waals surface area contributed by atoms with Gasteiger partial charge in [-0.3, -0.25) is 9.59 Å². The number of hydrogen-bond acceptors (Lipinski definition) is 6. The third kappa shape index (κ3) is 4.71. The monoisotopic (exact) mass is 450 g/mol. The summed E-state index contributed by atoms with van der Waals surface area (Å²) in [6.45, 7) is 0.836. The summed E-state index contributed by atoms with van der Waals surface area (Å²) in [4.78, 5) is 29.8. The van der Waals surface area contributed by atoms with Gasteiger partial charge >= 0.3 is 6.36 Å². The first-order valence-corrected chi connectivity index (χ1v) is 9.89. The van der Waals surface area contributed by atoms with Crippen LogP contribution in [0.25, 0.3) is 0 Å². The van der Waals surface area contributed by atoms with Crippen LogP contribution < -0.4 is 20.9 Å². The molecule has 11 heteroatoms. The molecule has 2 aliphatic rings. The molecule has 1 aliphatic heterocycles. The number of nitrogen functional groups attached to an aromatic ring is 1. The minimum Gasteiger partial charge on any atom is -0.484 e. The SMILES string of the molecule is NC(=O)c1cnc(N)c(OC2CN(C(=O)Cc3ccc(OC(F)(F)F)cc3)CC23CC3)c1. The van der Waals surface area contributed by atoms with E-state index >= 15 is 0 Å². The van der Waals surface area contributed by atoms with Crippen LogP contribution >= 0.6 is 0 Å². The first-order valence-electron chi connectivity index (χ1n) is 9.89. The zero-order chi connectivity index (χ0) is 23.1. The van der Waals surface area contributed by atoms with E-state index in [1.54, 1.807) is 4.90 Å². The number of benzene rings is 1. The predicted molar refractivity (Wildman–Crippen MR) is 107 cm³/mol. The molecule has 1 aromatic carbocycles. The Kier molecular flexibility index (Phi) is 5.35. The average Bonchev–Trinajstić information content (AvgIpc) is 3.39. The average molecular weight is 450 g/mol. The molecule has 0 radical (unpaired) electrons. The van der Waals surface area contributed by atoms with Crippen LogP contribution in [0, 0.1) is 5.41 Å². The Morgan fingerprint density at radius 1 is 1.22 bits per heavy atom. The molecule has 1 unspecified atom stereocenters. The van der Waals surface area contributed by atoms with Crippen LogP contribution in [-0.4, -0.2) is 47.3 Å². The van der Waals surface area contributed by atoms with E-state index in [0.29, 0.717) is 18.7 Å².